The monoisotopic (exact) mass is 258 g/mol. The number of hydrogen-bond acceptors (Lipinski definition) is 5. The van der Waals surface area contributed by atoms with E-state index in [9.17, 15) is 9.59 Å². The number of methoxy groups -OCH3 is 1. The molecule has 1 aliphatic heterocycles. The van der Waals surface area contributed by atoms with Gasteiger partial charge in [0, 0.05) is 12.5 Å². The second kappa shape index (κ2) is 6.04. The minimum absolute atomic E-state index is 0.0463. The van der Waals surface area contributed by atoms with Crippen LogP contribution in [0.25, 0.3) is 0 Å². The van der Waals surface area contributed by atoms with E-state index in [4.69, 9.17) is 9.47 Å². The van der Waals surface area contributed by atoms with Gasteiger partial charge in [-0.25, -0.2) is 9.59 Å². The van der Waals surface area contributed by atoms with E-state index >= 15 is 0 Å². The lowest BCUT2D eigenvalue weighted by molar-refractivity contribution is -0.144. The first-order valence-corrected chi connectivity index (χ1v) is 6.11. The van der Waals surface area contributed by atoms with Gasteiger partial charge < -0.3 is 20.1 Å². The number of rotatable bonds is 3. The van der Waals surface area contributed by atoms with Crippen LogP contribution in [0.4, 0.5) is 4.79 Å². The minimum Gasteiger partial charge on any atom is -0.467 e. The molecule has 104 valence electrons. The summed E-state index contributed by atoms with van der Waals surface area (Å²) < 4.78 is 9.86. The number of alkyl carbamates (subject to hydrolysis) is 1. The molecule has 0 aromatic heterocycles. The van der Waals surface area contributed by atoms with Crippen LogP contribution in [0.1, 0.15) is 27.2 Å². The van der Waals surface area contributed by atoms with Crippen molar-refractivity contribution in [2.45, 2.75) is 38.8 Å². The molecule has 2 unspecified atom stereocenters. The smallest absolute Gasteiger partial charge is 0.408 e. The lowest BCUT2D eigenvalue weighted by atomic mass is 9.99. The number of amides is 1. The second-order valence-corrected chi connectivity index (χ2v) is 5.40. The average Bonchev–Trinajstić information content (AvgIpc) is 2.75. The van der Waals surface area contributed by atoms with Crippen molar-refractivity contribution in [3.8, 4) is 0 Å². The zero-order valence-corrected chi connectivity index (χ0v) is 11.4. The van der Waals surface area contributed by atoms with Crippen LogP contribution in [-0.2, 0) is 14.3 Å². The van der Waals surface area contributed by atoms with Gasteiger partial charge in [0.25, 0.3) is 0 Å². The van der Waals surface area contributed by atoms with E-state index in [1.807, 2.05) is 0 Å². The zero-order chi connectivity index (χ0) is 13.8. The second-order valence-electron chi connectivity index (χ2n) is 5.40. The number of carbonyl (C=O) groups excluding carboxylic acids is 2. The van der Waals surface area contributed by atoms with Crippen LogP contribution >= 0.6 is 0 Å². The molecule has 1 fully saturated rings. The molecule has 6 heteroatoms. The third kappa shape index (κ3) is 4.52. The molecule has 0 spiro atoms. The third-order valence-corrected chi connectivity index (χ3v) is 2.70. The summed E-state index contributed by atoms with van der Waals surface area (Å²) in [4.78, 5) is 23.4. The molecular formula is C12H22N2O4. The number of ether oxygens (including phenoxy) is 2. The molecule has 0 radical (unpaired) electrons. The van der Waals surface area contributed by atoms with Gasteiger partial charge in [-0.3, -0.25) is 0 Å². The standard InChI is InChI=1S/C12H22N2O4/c1-12(2,3)18-11(16)14-9(10(15)17-4)8-5-6-13-7-8/h8-9,13H,5-7H2,1-4H3,(H,14,16). The molecule has 0 saturated carbocycles. The summed E-state index contributed by atoms with van der Waals surface area (Å²) in [7, 11) is 1.31. The summed E-state index contributed by atoms with van der Waals surface area (Å²) in [6, 6.07) is -0.653. The highest BCUT2D eigenvalue weighted by atomic mass is 16.6. The minimum atomic E-state index is -0.653. The summed E-state index contributed by atoms with van der Waals surface area (Å²) >= 11 is 0. The Balaban J connectivity index is 2.61. The highest BCUT2D eigenvalue weighted by Crippen LogP contribution is 2.15. The van der Waals surface area contributed by atoms with Crippen molar-refractivity contribution in [1.29, 1.82) is 0 Å². The van der Waals surface area contributed by atoms with Crippen molar-refractivity contribution in [1.82, 2.24) is 10.6 Å². The van der Waals surface area contributed by atoms with Gasteiger partial charge in [0.15, 0.2) is 0 Å². The Morgan fingerprint density at radius 3 is 2.50 bits per heavy atom. The van der Waals surface area contributed by atoms with Gasteiger partial charge in [-0.05, 0) is 33.7 Å². The topological polar surface area (TPSA) is 76.7 Å². The molecule has 1 saturated heterocycles. The van der Waals surface area contributed by atoms with Gasteiger partial charge in [-0.2, -0.15) is 0 Å². The van der Waals surface area contributed by atoms with E-state index in [1.54, 1.807) is 20.8 Å². The Morgan fingerprint density at radius 1 is 1.39 bits per heavy atom. The fourth-order valence-corrected chi connectivity index (χ4v) is 1.89. The predicted molar refractivity (Wildman–Crippen MR) is 66.2 cm³/mol. The zero-order valence-electron chi connectivity index (χ0n) is 11.4. The predicted octanol–water partition coefficient (Wildman–Crippen LogP) is 0.662. The normalized spacial score (nSPS) is 21.2. The molecule has 2 atom stereocenters. The van der Waals surface area contributed by atoms with Crippen LogP contribution in [-0.4, -0.2) is 43.9 Å². The maximum absolute atomic E-state index is 11.7. The van der Waals surface area contributed by atoms with E-state index in [-0.39, 0.29) is 5.92 Å². The largest absolute Gasteiger partial charge is 0.467 e. The first-order chi connectivity index (χ1) is 8.33. The molecule has 1 heterocycles. The molecule has 1 aliphatic rings. The number of carbonyl (C=O) groups is 2. The van der Waals surface area contributed by atoms with Crippen LogP contribution in [0.5, 0.6) is 0 Å². The van der Waals surface area contributed by atoms with E-state index < -0.39 is 23.7 Å². The lowest BCUT2D eigenvalue weighted by Gasteiger charge is -2.25. The summed E-state index contributed by atoms with van der Waals surface area (Å²) in [5.41, 5.74) is -0.585. The van der Waals surface area contributed by atoms with Gasteiger partial charge in [0.2, 0.25) is 0 Å². The Labute approximate surface area is 107 Å². The molecule has 18 heavy (non-hydrogen) atoms. The maximum Gasteiger partial charge on any atom is 0.408 e. The molecule has 1 amide bonds. The van der Waals surface area contributed by atoms with Crippen molar-refractivity contribution >= 4 is 12.1 Å². The Bertz CT molecular complexity index is 306. The molecule has 0 aromatic rings. The van der Waals surface area contributed by atoms with Gasteiger partial charge >= 0.3 is 12.1 Å². The van der Waals surface area contributed by atoms with E-state index in [0.717, 1.165) is 13.0 Å². The van der Waals surface area contributed by atoms with Crippen LogP contribution in [0.2, 0.25) is 0 Å². The van der Waals surface area contributed by atoms with Gasteiger partial charge in [-0.1, -0.05) is 0 Å². The fraction of sp³-hybridized carbons (Fsp3) is 0.833. The van der Waals surface area contributed by atoms with Crippen molar-refractivity contribution in [3.63, 3.8) is 0 Å². The number of hydrogen-bond donors (Lipinski definition) is 2. The first-order valence-electron chi connectivity index (χ1n) is 6.11. The van der Waals surface area contributed by atoms with Crippen LogP contribution < -0.4 is 10.6 Å². The summed E-state index contributed by atoms with van der Waals surface area (Å²) in [6.45, 7) is 6.86. The first kappa shape index (κ1) is 14.8. The van der Waals surface area contributed by atoms with Gasteiger partial charge in [0.05, 0.1) is 7.11 Å². The van der Waals surface area contributed by atoms with Gasteiger partial charge in [0.1, 0.15) is 11.6 Å². The number of nitrogens with one attached hydrogen (secondary N) is 2. The maximum atomic E-state index is 11.7. The molecule has 1 rings (SSSR count). The highest BCUT2D eigenvalue weighted by Gasteiger charge is 2.33. The molecular weight excluding hydrogens is 236 g/mol. The SMILES string of the molecule is COC(=O)C(NC(=O)OC(C)(C)C)C1CCNC1. The van der Waals surface area contributed by atoms with Crippen molar-refractivity contribution in [2.24, 2.45) is 5.92 Å². The highest BCUT2D eigenvalue weighted by molar-refractivity contribution is 5.81. The fourth-order valence-electron chi connectivity index (χ4n) is 1.89. The summed E-state index contributed by atoms with van der Waals surface area (Å²) in [5, 5.41) is 5.74. The van der Waals surface area contributed by atoms with Crippen LogP contribution in [0.15, 0.2) is 0 Å². The number of esters is 1. The molecule has 0 aromatic carbocycles. The lowest BCUT2D eigenvalue weighted by Crippen LogP contribution is -2.48. The van der Waals surface area contributed by atoms with Crippen LogP contribution in [0, 0.1) is 5.92 Å². The molecule has 2 N–H and O–H groups in total. The average molecular weight is 258 g/mol. The van der Waals surface area contributed by atoms with Crippen LogP contribution in [0.3, 0.4) is 0 Å². The Kier molecular flexibility index (Phi) is 4.95. The van der Waals surface area contributed by atoms with E-state index in [1.165, 1.54) is 7.11 Å². The van der Waals surface area contributed by atoms with Gasteiger partial charge in [-0.15, -0.1) is 0 Å². The van der Waals surface area contributed by atoms with E-state index in [2.05, 4.69) is 10.6 Å². The molecule has 0 aliphatic carbocycles. The van der Waals surface area contributed by atoms with E-state index in [0.29, 0.717) is 6.54 Å². The van der Waals surface area contributed by atoms with Crippen molar-refractivity contribution in [3.05, 3.63) is 0 Å². The Morgan fingerprint density at radius 2 is 2.06 bits per heavy atom. The summed E-state index contributed by atoms with van der Waals surface area (Å²) in [6.07, 6.45) is 0.236. The molecule has 6 nitrogen and oxygen atoms in total. The summed E-state index contributed by atoms with van der Waals surface area (Å²) in [5.74, 6) is -0.389. The molecule has 0 bridgehead atoms. The van der Waals surface area contributed by atoms with Crippen molar-refractivity contribution < 1.29 is 19.1 Å². The van der Waals surface area contributed by atoms with Crippen molar-refractivity contribution in [2.75, 3.05) is 20.2 Å². The quantitative estimate of drug-likeness (QED) is 0.727. The third-order valence-electron chi connectivity index (χ3n) is 2.70. The Hall–Kier alpha value is -1.30.